The minimum Gasteiger partial charge on any atom is -0.313 e. The Morgan fingerprint density at radius 2 is 2.11 bits per heavy atom. The molecule has 0 saturated heterocycles. The van der Waals surface area contributed by atoms with Crippen molar-refractivity contribution in [2.45, 2.75) is 39.2 Å². The highest BCUT2D eigenvalue weighted by Gasteiger charge is 2.18. The van der Waals surface area contributed by atoms with Crippen molar-refractivity contribution in [1.82, 2.24) is 10.3 Å². The molecule has 1 aliphatic carbocycles. The lowest BCUT2D eigenvalue weighted by atomic mass is 9.90. The second-order valence-electron chi connectivity index (χ2n) is 5.14. The molecule has 1 N–H and O–H groups in total. The summed E-state index contributed by atoms with van der Waals surface area (Å²) in [6.07, 6.45) is 4.78. The van der Waals surface area contributed by atoms with Crippen LogP contribution in [0.25, 0.3) is 10.9 Å². The van der Waals surface area contributed by atoms with Crippen LogP contribution in [0.1, 0.15) is 36.6 Å². The maximum absolute atomic E-state index is 6.32. The third-order valence-corrected chi connectivity index (χ3v) is 4.22. The summed E-state index contributed by atoms with van der Waals surface area (Å²) in [6, 6.07) is 6.11. The van der Waals surface area contributed by atoms with Gasteiger partial charge in [-0.1, -0.05) is 30.7 Å². The molecule has 0 spiro atoms. The van der Waals surface area contributed by atoms with Gasteiger partial charge in [0.1, 0.15) is 0 Å². The Kier molecular flexibility index (Phi) is 3.72. The Morgan fingerprint density at radius 3 is 2.95 bits per heavy atom. The maximum Gasteiger partial charge on any atom is 0.0894 e. The molecule has 19 heavy (non-hydrogen) atoms. The number of aromatic nitrogens is 1. The zero-order valence-corrected chi connectivity index (χ0v) is 12.1. The zero-order chi connectivity index (χ0) is 13.2. The molecule has 0 aliphatic heterocycles. The summed E-state index contributed by atoms with van der Waals surface area (Å²) < 4.78 is 0. The lowest BCUT2D eigenvalue weighted by Gasteiger charge is -2.21. The van der Waals surface area contributed by atoms with Gasteiger partial charge in [0.15, 0.2) is 0 Å². The van der Waals surface area contributed by atoms with Crippen LogP contribution in [0.15, 0.2) is 18.2 Å². The van der Waals surface area contributed by atoms with E-state index < -0.39 is 0 Å². The van der Waals surface area contributed by atoms with E-state index in [1.165, 1.54) is 35.0 Å². The van der Waals surface area contributed by atoms with Gasteiger partial charge in [-0.2, -0.15) is 0 Å². The smallest absolute Gasteiger partial charge is 0.0894 e. The number of pyridine rings is 1. The summed E-state index contributed by atoms with van der Waals surface area (Å²) in [5, 5.41) is 5.44. The van der Waals surface area contributed by atoms with Gasteiger partial charge >= 0.3 is 0 Å². The highest BCUT2D eigenvalue weighted by atomic mass is 35.5. The minimum atomic E-state index is 0.767. The van der Waals surface area contributed by atoms with Gasteiger partial charge in [0.25, 0.3) is 0 Å². The first kappa shape index (κ1) is 12.9. The largest absolute Gasteiger partial charge is 0.313 e. The van der Waals surface area contributed by atoms with Crippen LogP contribution < -0.4 is 5.32 Å². The van der Waals surface area contributed by atoms with E-state index in [9.17, 15) is 0 Å². The summed E-state index contributed by atoms with van der Waals surface area (Å²) in [4.78, 5) is 4.82. The SMILES string of the molecule is CCNCc1c2c(nc3c(Cl)cccc13)CCCC2. The number of halogens is 1. The molecule has 1 heterocycles. The molecule has 0 saturated carbocycles. The van der Waals surface area contributed by atoms with E-state index in [-0.39, 0.29) is 0 Å². The maximum atomic E-state index is 6.32. The molecule has 0 radical (unpaired) electrons. The van der Waals surface area contributed by atoms with Crippen molar-refractivity contribution in [1.29, 1.82) is 0 Å². The number of nitrogens with zero attached hydrogens (tertiary/aromatic N) is 1. The van der Waals surface area contributed by atoms with Gasteiger partial charge in [0.05, 0.1) is 10.5 Å². The zero-order valence-electron chi connectivity index (χ0n) is 11.3. The Hall–Kier alpha value is -1.12. The van der Waals surface area contributed by atoms with Gasteiger partial charge in [-0.05, 0) is 49.4 Å². The molecule has 0 bridgehead atoms. The van der Waals surface area contributed by atoms with Crippen LogP contribution >= 0.6 is 11.6 Å². The molecule has 2 aromatic rings. The fourth-order valence-corrected chi connectivity index (χ4v) is 3.18. The van der Waals surface area contributed by atoms with E-state index in [4.69, 9.17) is 16.6 Å². The average Bonchev–Trinajstić information content (AvgIpc) is 2.44. The van der Waals surface area contributed by atoms with E-state index in [1.54, 1.807) is 0 Å². The molecule has 1 aromatic heterocycles. The van der Waals surface area contributed by atoms with E-state index >= 15 is 0 Å². The van der Waals surface area contributed by atoms with Crippen LogP contribution in [-0.2, 0) is 19.4 Å². The van der Waals surface area contributed by atoms with Crippen LogP contribution in [0.2, 0.25) is 5.02 Å². The van der Waals surface area contributed by atoms with Crippen LogP contribution in [-0.4, -0.2) is 11.5 Å². The monoisotopic (exact) mass is 274 g/mol. The molecule has 1 aliphatic rings. The van der Waals surface area contributed by atoms with E-state index in [2.05, 4.69) is 18.3 Å². The van der Waals surface area contributed by atoms with Crippen molar-refractivity contribution in [3.05, 3.63) is 40.0 Å². The van der Waals surface area contributed by atoms with Gasteiger partial charge in [-0.25, -0.2) is 0 Å². The first-order valence-corrected chi connectivity index (χ1v) is 7.48. The summed E-state index contributed by atoms with van der Waals surface area (Å²) in [7, 11) is 0. The van der Waals surface area contributed by atoms with Crippen molar-refractivity contribution >= 4 is 22.5 Å². The number of para-hydroxylation sites is 1. The number of aryl methyl sites for hydroxylation is 1. The van der Waals surface area contributed by atoms with Gasteiger partial charge in [-0.15, -0.1) is 0 Å². The normalized spacial score (nSPS) is 14.6. The molecule has 100 valence electrons. The molecule has 1 aromatic carbocycles. The van der Waals surface area contributed by atoms with Crippen molar-refractivity contribution in [2.24, 2.45) is 0 Å². The quantitative estimate of drug-likeness (QED) is 0.919. The highest BCUT2D eigenvalue weighted by molar-refractivity contribution is 6.35. The van der Waals surface area contributed by atoms with Crippen LogP contribution in [0.5, 0.6) is 0 Å². The Labute approximate surface area is 119 Å². The summed E-state index contributed by atoms with van der Waals surface area (Å²) in [5.74, 6) is 0. The molecular weight excluding hydrogens is 256 g/mol. The third-order valence-electron chi connectivity index (χ3n) is 3.91. The van der Waals surface area contributed by atoms with Crippen LogP contribution in [0.3, 0.4) is 0 Å². The molecule has 0 amide bonds. The molecule has 3 rings (SSSR count). The first-order chi connectivity index (χ1) is 9.31. The number of hydrogen-bond donors (Lipinski definition) is 1. The van der Waals surface area contributed by atoms with Crippen LogP contribution in [0.4, 0.5) is 0 Å². The van der Waals surface area contributed by atoms with Gasteiger partial charge in [0, 0.05) is 17.6 Å². The van der Waals surface area contributed by atoms with Crippen molar-refractivity contribution in [2.75, 3.05) is 6.54 Å². The molecular formula is C16H19ClN2. The van der Waals surface area contributed by atoms with Gasteiger partial charge < -0.3 is 5.32 Å². The number of nitrogens with one attached hydrogen (secondary N) is 1. The van der Waals surface area contributed by atoms with E-state index in [0.29, 0.717) is 0 Å². The number of rotatable bonds is 3. The number of hydrogen-bond acceptors (Lipinski definition) is 2. The van der Waals surface area contributed by atoms with Crippen LogP contribution in [0, 0.1) is 0 Å². The molecule has 3 heteroatoms. The van der Waals surface area contributed by atoms with E-state index in [0.717, 1.165) is 36.5 Å². The van der Waals surface area contributed by atoms with Gasteiger partial charge in [-0.3, -0.25) is 4.98 Å². The lowest BCUT2D eigenvalue weighted by Crippen LogP contribution is -2.17. The number of benzene rings is 1. The molecule has 0 atom stereocenters. The fourth-order valence-electron chi connectivity index (χ4n) is 2.96. The topological polar surface area (TPSA) is 24.9 Å². The lowest BCUT2D eigenvalue weighted by molar-refractivity contribution is 0.651. The summed E-state index contributed by atoms with van der Waals surface area (Å²) in [6.45, 7) is 4.04. The predicted octanol–water partition coefficient (Wildman–Crippen LogP) is 3.88. The van der Waals surface area contributed by atoms with Crippen molar-refractivity contribution in [3.63, 3.8) is 0 Å². The number of fused-ring (bicyclic) bond motifs is 2. The predicted molar refractivity (Wildman–Crippen MR) is 80.8 cm³/mol. The Balaban J connectivity index is 2.24. The highest BCUT2D eigenvalue weighted by Crippen LogP contribution is 2.32. The third kappa shape index (κ3) is 2.35. The standard InChI is InChI=1S/C16H19ClN2/c1-2-18-10-13-11-6-3-4-9-15(11)19-16-12(13)7-5-8-14(16)17/h5,7-8,18H,2-4,6,9-10H2,1H3. The second kappa shape index (κ2) is 5.48. The molecule has 0 fully saturated rings. The first-order valence-electron chi connectivity index (χ1n) is 7.11. The second-order valence-corrected chi connectivity index (χ2v) is 5.55. The summed E-state index contributed by atoms with van der Waals surface area (Å²) in [5.41, 5.74) is 5.10. The Bertz CT molecular complexity index is 607. The average molecular weight is 275 g/mol. The van der Waals surface area contributed by atoms with Crippen molar-refractivity contribution in [3.8, 4) is 0 Å². The van der Waals surface area contributed by atoms with E-state index in [1.807, 2.05) is 12.1 Å². The van der Waals surface area contributed by atoms with Gasteiger partial charge in [0.2, 0.25) is 0 Å². The molecule has 2 nitrogen and oxygen atoms in total. The van der Waals surface area contributed by atoms with Crippen molar-refractivity contribution < 1.29 is 0 Å². The Morgan fingerprint density at radius 1 is 1.26 bits per heavy atom. The molecule has 0 unspecified atom stereocenters. The summed E-state index contributed by atoms with van der Waals surface area (Å²) >= 11 is 6.32. The fraction of sp³-hybridized carbons (Fsp3) is 0.438. The minimum absolute atomic E-state index is 0.767.